The van der Waals surface area contributed by atoms with Crippen LogP contribution in [0.1, 0.15) is 16.3 Å². The second-order valence-electron chi connectivity index (χ2n) is 8.32. The van der Waals surface area contributed by atoms with Crippen molar-refractivity contribution >= 4 is 39.0 Å². The number of nitrogens with one attached hydrogen (secondary N) is 2. The fourth-order valence-corrected chi connectivity index (χ4v) is 7.11. The van der Waals surface area contributed by atoms with Crippen LogP contribution >= 0.6 is 11.3 Å². The van der Waals surface area contributed by atoms with Gasteiger partial charge in [-0.3, -0.25) is 4.79 Å². The summed E-state index contributed by atoms with van der Waals surface area (Å²) in [7, 11) is -4.03. The molecule has 0 spiro atoms. The lowest BCUT2D eigenvalue weighted by atomic mass is 10.2. The molecule has 9 nitrogen and oxygen atoms in total. The summed E-state index contributed by atoms with van der Waals surface area (Å²) >= 11 is 1.05. The van der Waals surface area contributed by atoms with Crippen LogP contribution in [0.25, 0.3) is 0 Å². The van der Waals surface area contributed by atoms with Crippen molar-refractivity contribution in [2.45, 2.75) is 30.6 Å². The molecule has 0 saturated carbocycles. The summed E-state index contributed by atoms with van der Waals surface area (Å²) in [5.74, 6) is -0.948. The number of nitrogens with zero attached hydrogens (tertiary/aromatic N) is 3. The first-order chi connectivity index (χ1) is 17.1. The number of urea groups is 1. The van der Waals surface area contributed by atoms with Gasteiger partial charge in [0.05, 0.1) is 10.7 Å². The fourth-order valence-electron chi connectivity index (χ4n) is 3.95. The Labute approximate surface area is 213 Å². The summed E-state index contributed by atoms with van der Waals surface area (Å²) in [6, 6.07) is 12.9. The van der Waals surface area contributed by atoms with Crippen LogP contribution in [0.4, 0.5) is 14.9 Å². The molecule has 2 aromatic carbocycles. The molecule has 1 saturated heterocycles. The summed E-state index contributed by atoms with van der Waals surface area (Å²) in [6.07, 6.45) is 0. The predicted octanol–water partition coefficient (Wildman–Crippen LogP) is 3.12. The molecule has 190 valence electrons. The van der Waals surface area contributed by atoms with Gasteiger partial charge in [-0.15, -0.1) is 11.3 Å². The van der Waals surface area contributed by atoms with Gasteiger partial charge in [-0.1, -0.05) is 30.3 Å². The van der Waals surface area contributed by atoms with Crippen LogP contribution < -0.4 is 10.6 Å². The van der Waals surface area contributed by atoms with Crippen molar-refractivity contribution in [1.82, 2.24) is 19.5 Å². The van der Waals surface area contributed by atoms with E-state index < -0.39 is 33.8 Å². The molecule has 1 aromatic heterocycles. The van der Waals surface area contributed by atoms with Gasteiger partial charge in [0.25, 0.3) is 10.0 Å². The molecule has 2 N–H and O–H groups in total. The number of aryl methyl sites for hydroxylation is 2. The molecule has 2 heterocycles. The summed E-state index contributed by atoms with van der Waals surface area (Å²) in [5.41, 5.74) is 1.62. The average Bonchev–Trinajstić information content (AvgIpc) is 3.22. The maximum Gasteiger partial charge on any atom is 0.321 e. The number of hydrogen-bond acceptors (Lipinski definition) is 6. The summed E-state index contributed by atoms with van der Waals surface area (Å²) < 4.78 is 41.6. The second-order valence-corrected chi connectivity index (χ2v) is 11.6. The van der Waals surface area contributed by atoms with E-state index in [4.69, 9.17) is 0 Å². The Morgan fingerprint density at radius 1 is 1.08 bits per heavy atom. The molecular weight excluding hydrogens is 505 g/mol. The van der Waals surface area contributed by atoms with Gasteiger partial charge in [-0.05, 0) is 43.7 Å². The number of sulfonamides is 1. The number of aromatic nitrogens is 1. The average molecular weight is 532 g/mol. The Hall–Kier alpha value is -3.35. The molecule has 1 unspecified atom stereocenters. The molecule has 12 heteroatoms. The van der Waals surface area contributed by atoms with E-state index in [0.29, 0.717) is 16.4 Å². The summed E-state index contributed by atoms with van der Waals surface area (Å²) in [4.78, 5) is 31.8. The molecule has 1 aliphatic heterocycles. The van der Waals surface area contributed by atoms with Crippen molar-refractivity contribution in [3.05, 3.63) is 76.7 Å². The van der Waals surface area contributed by atoms with E-state index in [0.717, 1.165) is 21.2 Å². The van der Waals surface area contributed by atoms with E-state index in [2.05, 4.69) is 15.6 Å². The highest BCUT2D eigenvalue weighted by molar-refractivity contribution is 7.91. The third-order valence-corrected chi connectivity index (χ3v) is 9.30. The maximum absolute atomic E-state index is 13.6. The first-order valence-corrected chi connectivity index (χ1v) is 13.5. The van der Waals surface area contributed by atoms with Crippen LogP contribution in [0.3, 0.4) is 0 Å². The highest BCUT2D eigenvalue weighted by Crippen LogP contribution is 2.29. The van der Waals surface area contributed by atoms with E-state index in [1.165, 1.54) is 29.2 Å². The largest absolute Gasteiger partial charge is 0.351 e. The molecule has 1 fully saturated rings. The molecule has 1 atom stereocenters. The van der Waals surface area contributed by atoms with Crippen LogP contribution in [0, 0.1) is 19.7 Å². The van der Waals surface area contributed by atoms with Crippen molar-refractivity contribution in [2.24, 2.45) is 0 Å². The number of thiazole rings is 1. The van der Waals surface area contributed by atoms with Crippen molar-refractivity contribution in [3.8, 4) is 0 Å². The number of hydrogen-bond donors (Lipinski definition) is 2. The van der Waals surface area contributed by atoms with Crippen molar-refractivity contribution < 1.29 is 22.4 Å². The van der Waals surface area contributed by atoms with Crippen molar-refractivity contribution in [1.29, 1.82) is 0 Å². The predicted molar refractivity (Wildman–Crippen MR) is 135 cm³/mol. The van der Waals surface area contributed by atoms with Gasteiger partial charge in [-0.25, -0.2) is 22.6 Å². The zero-order valence-corrected chi connectivity index (χ0v) is 21.4. The van der Waals surface area contributed by atoms with E-state index in [1.54, 1.807) is 13.8 Å². The second kappa shape index (κ2) is 10.7. The molecule has 4 rings (SSSR count). The van der Waals surface area contributed by atoms with Gasteiger partial charge in [0.15, 0.2) is 4.21 Å². The minimum atomic E-state index is -4.03. The molecule has 3 aromatic rings. The topological polar surface area (TPSA) is 112 Å². The van der Waals surface area contributed by atoms with Crippen molar-refractivity contribution in [3.63, 3.8) is 0 Å². The molecule has 0 radical (unpaired) electrons. The van der Waals surface area contributed by atoms with E-state index in [1.807, 2.05) is 30.3 Å². The number of piperazine rings is 1. The molecule has 3 amide bonds. The highest BCUT2D eigenvalue weighted by atomic mass is 32.2. The molecule has 1 aliphatic rings. The van der Waals surface area contributed by atoms with Crippen LogP contribution in [0.15, 0.2) is 58.8 Å². The van der Waals surface area contributed by atoms with Crippen LogP contribution in [-0.2, 0) is 21.4 Å². The highest BCUT2D eigenvalue weighted by Gasteiger charge is 2.42. The fraction of sp³-hybridized carbons (Fsp3) is 0.292. The number of carbonyl (C=O) groups is 2. The minimum Gasteiger partial charge on any atom is -0.351 e. The smallest absolute Gasteiger partial charge is 0.321 e. The lowest BCUT2D eigenvalue weighted by molar-refractivity contribution is -0.126. The van der Waals surface area contributed by atoms with Crippen LogP contribution in [0.2, 0.25) is 0 Å². The van der Waals surface area contributed by atoms with Crippen LogP contribution in [-0.4, -0.2) is 60.2 Å². The van der Waals surface area contributed by atoms with Gasteiger partial charge in [0, 0.05) is 31.9 Å². The van der Waals surface area contributed by atoms with Gasteiger partial charge < -0.3 is 15.5 Å². The molecular formula is C24H26FN5O4S2. The van der Waals surface area contributed by atoms with Gasteiger partial charge in [0.1, 0.15) is 11.9 Å². The Balaban J connectivity index is 1.56. The lowest BCUT2D eigenvalue weighted by Crippen LogP contribution is -2.61. The number of anilines is 1. The summed E-state index contributed by atoms with van der Waals surface area (Å²) in [6.45, 7) is 3.41. The monoisotopic (exact) mass is 531 g/mol. The Morgan fingerprint density at radius 2 is 1.78 bits per heavy atom. The molecule has 0 bridgehead atoms. The number of rotatable bonds is 6. The SMILES string of the molecule is Cc1nc(C)c(S(=O)(=O)N2CCN(C(=O)Nc3ccc(F)cc3)CC2C(=O)NCc2ccccc2)s1. The van der Waals surface area contributed by atoms with E-state index in [-0.39, 0.29) is 30.4 Å². The van der Waals surface area contributed by atoms with Gasteiger partial charge in [-0.2, -0.15) is 4.31 Å². The Kier molecular flexibility index (Phi) is 7.67. The van der Waals surface area contributed by atoms with Gasteiger partial charge in [0.2, 0.25) is 5.91 Å². The number of amides is 3. The number of carbonyl (C=O) groups excluding carboxylic acids is 2. The number of halogens is 1. The maximum atomic E-state index is 13.6. The third-order valence-electron chi connectivity index (χ3n) is 5.73. The standard InChI is InChI=1S/C24H26FN5O4S2/c1-16-23(35-17(2)27-16)36(33,34)30-13-12-29(24(32)28-20-10-8-19(25)9-11-20)15-21(30)22(31)26-14-18-6-4-3-5-7-18/h3-11,21H,12-15H2,1-2H3,(H,26,31)(H,28,32). The number of benzene rings is 2. The molecule has 0 aliphatic carbocycles. The van der Waals surface area contributed by atoms with Crippen LogP contribution in [0.5, 0.6) is 0 Å². The lowest BCUT2D eigenvalue weighted by Gasteiger charge is -2.39. The quantitative estimate of drug-likeness (QED) is 0.508. The summed E-state index contributed by atoms with van der Waals surface area (Å²) in [5, 5.41) is 6.07. The van der Waals surface area contributed by atoms with E-state index >= 15 is 0 Å². The third kappa shape index (κ3) is 5.72. The minimum absolute atomic E-state index is 0.0705. The van der Waals surface area contributed by atoms with Crippen molar-refractivity contribution in [2.75, 3.05) is 25.0 Å². The first kappa shape index (κ1) is 25.7. The zero-order chi connectivity index (χ0) is 25.9. The Bertz CT molecular complexity index is 1350. The molecule has 36 heavy (non-hydrogen) atoms. The van der Waals surface area contributed by atoms with E-state index in [9.17, 15) is 22.4 Å². The normalized spacial score (nSPS) is 16.5. The Morgan fingerprint density at radius 3 is 2.42 bits per heavy atom. The van der Waals surface area contributed by atoms with Gasteiger partial charge >= 0.3 is 6.03 Å². The first-order valence-electron chi connectivity index (χ1n) is 11.2. The zero-order valence-electron chi connectivity index (χ0n) is 19.8.